The number of nitrogens with zero attached hydrogens (tertiary/aromatic N) is 1. The van der Waals surface area contributed by atoms with Gasteiger partial charge in [0.15, 0.2) is 0 Å². The molecule has 2 aromatic carbocycles. The molecule has 0 unspecified atom stereocenters. The molecule has 0 bridgehead atoms. The summed E-state index contributed by atoms with van der Waals surface area (Å²) >= 11 is 8.27. The molecule has 0 heterocycles. The second kappa shape index (κ2) is 8.74. The van der Waals surface area contributed by atoms with Gasteiger partial charge in [-0.05, 0) is 84.7 Å². The molecule has 0 spiro atoms. The van der Waals surface area contributed by atoms with Crippen molar-refractivity contribution in [2.75, 3.05) is 0 Å². The summed E-state index contributed by atoms with van der Waals surface area (Å²) in [5.41, 5.74) is 1.14. The van der Waals surface area contributed by atoms with Crippen molar-refractivity contribution in [1.82, 2.24) is 5.32 Å². The Labute approximate surface area is 171 Å². The van der Waals surface area contributed by atoms with Gasteiger partial charge in [-0.25, -0.2) is 0 Å². The fourth-order valence-corrected chi connectivity index (χ4v) is 3.62. The summed E-state index contributed by atoms with van der Waals surface area (Å²) in [6, 6.07) is 14.9. The molecular weight excluding hydrogens is 463 g/mol. The average molecular weight is 481 g/mol. The van der Waals surface area contributed by atoms with Crippen molar-refractivity contribution in [2.24, 2.45) is 0 Å². The zero-order chi connectivity index (χ0) is 18.5. The largest absolute Gasteiger partial charge is 0.490 e. The predicted molar refractivity (Wildman–Crippen MR) is 109 cm³/mol. The SMILES string of the molecule is N#Cc1ccc(OC2CCC(NC(=O)c3ccc(I)cc3)CC2)cc1Cl. The van der Waals surface area contributed by atoms with Crippen LogP contribution in [0.5, 0.6) is 5.75 Å². The normalized spacial score (nSPS) is 19.4. The lowest BCUT2D eigenvalue weighted by atomic mass is 9.92. The molecule has 4 nitrogen and oxygen atoms in total. The third-order valence-electron chi connectivity index (χ3n) is 4.48. The molecular formula is C20H18ClIN2O2. The van der Waals surface area contributed by atoms with Gasteiger partial charge in [0.25, 0.3) is 5.91 Å². The van der Waals surface area contributed by atoms with Gasteiger partial charge in [0, 0.05) is 21.2 Å². The average Bonchev–Trinajstić information content (AvgIpc) is 2.64. The molecule has 3 rings (SSSR count). The third-order valence-corrected chi connectivity index (χ3v) is 5.51. The number of hydrogen-bond acceptors (Lipinski definition) is 3. The monoisotopic (exact) mass is 480 g/mol. The fraction of sp³-hybridized carbons (Fsp3) is 0.300. The van der Waals surface area contributed by atoms with Crippen LogP contribution in [0.2, 0.25) is 5.02 Å². The van der Waals surface area contributed by atoms with E-state index in [0.717, 1.165) is 29.3 Å². The molecule has 0 atom stereocenters. The Morgan fingerprint density at radius 1 is 1.15 bits per heavy atom. The van der Waals surface area contributed by atoms with Crippen molar-refractivity contribution in [2.45, 2.75) is 37.8 Å². The first kappa shape index (κ1) is 19.0. The van der Waals surface area contributed by atoms with E-state index in [4.69, 9.17) is 21.6 Å². The Hall–Kier alpha value is -1.78. The zero-order valence-electron chi connectivity index (χ0n) is 14.0. The summed E-state index contributed by atoms with van der Waals surface area (Å²) in [7, 11) is 0. The molecule has 1 fully saturated rings. The number of amides is 1. The highest BCUT2D eigenvalue weighted by atomic mass is 127. The van der Waals surface area contributed by atoms with Crippen molar-refractivity contribution in [3.8, 4) is 11.8 Å². The number of nitriles is 1. The van der Waals surface area contributed by atoms with E-state index in [9.17, 15) is 4.79 Å². The van der Waals surface area contributed by atoms with Crippen LogP contribution in [0.25, 0.3) is 0 Å². The van der Waals surface area contributed by atoms with Crippen LogP contribution < -0.4 is 10.1 Å². The molecule has 0 aromatic heterocycles. The zero-order valence-corrected chi connectivity index (χ0v) is 17.0. The molecule has 1 aliphatic rings. The summed E-state index contributed by atoms with van der Waals surface area (Å²) in [6.45, 7) is 0. The number of hydrogen-bond donors (Lipinski definition) is 1. The van der Waals surface area contributed by atoms with Gasteiger partial charge in [0.1, 0.15) is 11.8 Å². The summed E-state index contributed by atoms with van der Waals surface area (Å²) in [6.07, 6.45) is 3.60. The van der Waals surface area contributed by atoms with Crippen LogP contribution in [0.1, 0.15) is 41.6 Å². The lowest BCUT2D eigenvalue weighted by molar-refractivity contribution is 0.0894. The maximum atomic E-state index is 12.3. The highest BCUT2D eigenvalue weighted by molar-refractivity contribution is 14.1. The molecule has 0 aliphatic heterocycles. The number of carbonyl (C=O) groups is 1. The van der Waals surface area contributed by atoms with E-state index in [-0.39, 0.29) is 18.1 Å². The topological polar surface area (TPSA) is 62.1 Å². The van der Waals surface area contributed by atoms with Crippen molar-refractivity contribution >= 4 is 40.1 Å². The van der Waals surface area contributed by atoms with Crippen LogP contribution in [0.15, 0.2) is 42.5 Å². The quantitative estimate of drug-likeness (QED) is 0.631. The van der Waals surface area contributed by atoms with Crippen molar-refractivity contribution in [1.29, 1.82) is 5.26 Å². The Balaban J connectivity index is 1.49. The molecule has 0 saturated heterocycles. The summed E-state index contributed by atoms with van der Waals surface area (Å²) in [5, 5.41) is 12.4. The molecule has 6 heteroatoms. The number of benzene rings is 2. The van der Waals surface area contributed by atoms with Crippen LogP contribution in [0.3, 0.4) is 0 Å². The highest BCUT2D eigenvalue weighted by Crippen LogP contribution is 2.27. The minimum atomic E-state index is -0.0235. The number of carbonyl (C=O) groups excluding carboxylic acids is 1. The smallest absolute Gasteiger partial charge is 0.251 e. The standard InChI is InChI=1S/C20H18ClIN2O2/c21-19-11-18(8-3-14(19)12-23)26-17-9-6-16(7-10-17)24-20(25)13-1-4-15(22)5-2-13/h1-5,8,11,16-17H,6-7,9-10H2,(H,24,25). The number of rotatable bonds is 4. The maximum absolute atomic E-state index is 12.3. The Morgan fingerprint density at radius 3 is 2.46 bits per heavy atom. The van der Waals surface area contributed by atoms with Crippen LogP contribution in [0, 0.1) is 14.9 Å². The first-order chi connectivity index (χ1) is 12.5. The van der Waals surface area contributed by atoms with Gasteiger partial charge in [-0.1, -0.05) is 11.6 Å². The van der Waals surface area contributed by atoms with Gasteiger partial charge in [0.2, 0.25) is 0 Å². The maximum Gasteiger partial charge on any atom is 0.251 e. The van der Waals surface area contributed by atoms with Crippen molar-refractivity contribution in [3.05, 3.63) is 62.2 Å². The van der Waals surface area contributed by atoms with Gasteiger partial charge in [0.05, 0.1) is 16.7 Å². The molecule has 134 valence electrons. The lowest BCUT2D eigenvalue weighted by Gasteiger charge is -2.29. The highest BCUT2D eigenvalue weighted by Gasteiger charge is 2.24. The number of ether oxygens (including phenoxy) is 1. The van der Waals surface area contributed by atoms with E-state index in [2.05, 4.69) is 27.9 Å². The van der Waals surface area contributed by atoms with Crippen LogP contribution in [-0.2, 0) is 0 Å². The van der Waals surface area contributed by atoms with Gasteiger partial charge < -0.3 is 10.1 Å². The van der Waals surface area contributed by atoms with Crippen LogP contribution in [0.4, 0.5) is 0 Å². The fourth-order valence-electron chi connectivity index (χ4n) is 3.05. The minimum Gasteiger partial charge on any atom is -0.490 e. The lowest BCUT2D eigenvalue weighted by Crippen LogP contribution is -2.39. The van der Waals surface area contributed by atoms with E-state index in [1.165, 1.54) is 0 Å². The third kappa shape index (κ3) is 4.89. The first-order valence-electron chi connectivity index (χ1n) is 8.48. The first-order valence-corrected chi connectivity index (χ1v) is 9.93. The van der Waals surface area contributed by atoms with E-state index >= 15 is 0 Å². The number of halogens is 2. The van der Waals surface area contributed by atoms with Gasteiger partial charge in [-0.2, -0.15) is 5.26 Å². The molecule has 1 aliphatic carbocycles. The van der Waals surface area contributed by atoms with Crippen molar-refractivity contribution < 1.29 is 9.53 Å². The second-order valence-corrected chi connectivity index (χ2v) is 7.98. The molecule has 26 heavy (non-hydrogen) atoms. The summed E-state index contributed by atoms with van der Waals surface area (Å²) < 4.78 is 7.09. The van der Waals surface area contributed by atoms with Crippen LogP contribution in [-0.4, -0.2) is 18.1 Å². The summed E-state index contributed by atoms with van der Waals surface area (Å²) in [5.74, 6) is 0.657. The molecule has 2 aromatic rings. The van der Waals surface area contributed by atoms with Gasteiger partial charge in [-0.15, -0.1) is 0 Å². The Kier molecular flexibility index (Phi) is 6.38. The molecule has 1 saturated carbocycles. The predicted octanol–water partition coefficient (Wildman–Crippen LogP) is 4.94. The molecule has 0 radical (unpaired) electrons. The second-order valence-electron chi connectivity index (χ2n) is 6.33. The Bertz CT molecular complexity index is 825. The van der Waals surface area contributed by atoms with E-state index < -0.39 is 0 Å². The van der Waals surface area contributed by atoms with E-state index in [1.807, 2.05) is 30.3 Å². The molecule has 1 N–H and O–H groups in total. The summed E-state index contributed by atoms with van der Waals surface area (Å²) in [4.78, 5) is 12.3. The van der Waals surface area contributed by atoms with Gasteiger partial charge >= 0.3 is 0 Å². The van der Waals surface area contributed by atoms with Crippen molar-refractivity contribution in [3.63, 3.8) is 0 Å². The van der Waals surface area contributed by atoms with Crippen LogP contribution >= 0.6 is 34.2 Å². The van der Waals surface area contributed by atoms with E-state index in [0.29, 0.717) is 21.9 Å². The van der Waals surface area contributed by atoms with E-state index in [1.54, 1.807) is 18.2 Å². The Morgan fingerprint density at radius 2 is 1.85 bits per heavy atom. The van der Waals surface area contributed by atoms with Gasteiger partial charge in [-0.3, -0.25) is 4.79 Å². The number of nitrogens with one attached hydrogen (secondary N) is 1. The minimum absolute atomic E-state index is 0.0235. The molecule has 1 amide bonds.